The highest BCUT2D eigenvalue weighted by molar-refractivity contribution is 5.94. The number of hydrogen-bond acceptors (Lipinski definition) is 3. The van der Waals surface area contributed by atoms with Crippen LogP contribution in [0.25, 0.3) is 0 Å². The van der Waals surface area contributed by atoms with Crippen molar-refractivity contribution in [3.05, 3.63) is 24.0 Å². The van der Waals surface area contributed by atoms with Gasteiger partial charge in [-0.25, -0.2) is 4.39 Å². The lowest BCUT2D eigenvalue weighted by Crippen LogP contribution is -2.32. The van der Waals surface area contributed by atoms with Crippen molar-refractivity contribution in [3.63, 3.8) is 0 Å². The van der Waals surface area contributed by atoms with Gasteiger partial charge in [-0.15, -0.1) is 0 Å². The molecule has 1 fully saturated rings. The average Bonchev–Trinajstić information content (AvgIpc) is 2.85. The standard InChI is InChI=1S/C14H19FN2O2/c1-9(16)14(18)17-10-6-7-13(12(15)8-10)19-11-4-2-3-5-11/h6-9,11H,2-5,16H2,1H3,(H,17,18)/t9-/m1/s1. The molecule has 5 heteroatoms. The first-order chi connectivity index (χ1) is 9.06. The van der Waals surface area contributed by atoms with Crippen LogP contribution < -0.4 is 15.8 Å². The largest absolute Gasteiger partial charge is 0.487 e. The van der Waals surface area contributed by atoms with Crippen molar-refractivity contribution in [2.24, 2.45) is 5.73 Å². The zero-order valence-corrected chi connectivity index (χ0v) is 11.0. The number of carbonyl (C=O) groups is 1. The molecule has 3 N–H and O–H groups in total. The van der Waals surface area contributed by atoms with E-state index in [1.807, 2.05) is 0 Å². The molecular weight excluding hydrogens is 247 g/mol. The Bertz CT molecular complexity index is 457. The van der Waals surface area contributed by atoms with Gasteiger partial charge in [0.05, 0.1) is 12.1 Å². The summed E-state index contributed by atoms with van der Waals surface area (Å²) in [5.74, 6) is -0.566. The molecule has 1 aliphatic carbocycles. The molecule has 0 saturated heterocycles. The van der Waals surface area contributed by atoms with Crippen LogP contribution in [0.15, 0.2) is 18.2 Å². The summed E-state index contributed by atoms with van der Waals surface area (Å²) in [4.78, 5) is 11.4. The average molecular weight is 266 g/mol. The van der Waals surface area contributed by atoms with Crippen LogP contribution in [0.4, 0.5) is 10.1 Å². The number of amides is 1. The van der Waals surface area contributed by atoms with Gasteiger partial charge in [-0.2, -0.15) is 0 Å². The fourth-order valence-electron chi connectivity index (χ4n) is 2.12. The van der Waals surface area contributed by atoms with E-state index in [9.17, 15) is 9.18 Å². The molecule has 1 aliphatic rings. The number of nitrogens with one attached hydrogen (secondary N) is 1. The van der Waals surface area contributed by atoms with Crippen LogP contribution in [-0.2, 0) is 4.79 Å². The molecule has 19 heavy (non-hydrogen) atoms. The van der Waals surface area contributed by atoms with Crippen molar-refractivity contribution in [2.45, 2.75) is 44.8 Å². The maximum atomic E-state index is 13.8. The molecule has 0 aliphatic heterocycles. The second-order valence-electron chi connectivity index (χ2n) is 4.95. The van der Waals surface area contributed by atoms with Gasteiger partial charge in [0.2, 0.25) is 5.91 Å². The van der Waals surface area contributed by atoms with E-state index in [4.69, 9.17) is 10.5 Å². The molecule has 1 aromatic carbocycles. The second-order valence-corrected chi connectivity index (χ2v) is 4.95. The van der Waals surface area contributed by atoms with Gasteiger partial charge in [0, 0.05) is 11.8 Å². The molecule has 104 valence electrons. The number of ether oxygens (including phenoxy) is 1. The van der Waals surface area contributed by atoms with Crippen molar-refractivity contribution in [2.75, 3.05) is 5.32 Å². The van der Waals surface area contributed by atoms with E-state index in [0.29, 0.717) is 5.69 Å². The Morgan fingerprint density at radius 1 is 1.47 bits per heavy atom. The maximum absolute atomic E-state index is 13.8. The fourth-order valence-corrected chi connectivity index (χ4v) is 2.12. The molecule has 0 heterocycles. The Hall–Kier alpha value is -1.62. The van der Waals surface area contributed by atoms with Gasteiger partial charge in [0.1, 0.15) is 0 Å². The van der Waals surface area contributed by atoms with E-state index in [2.05, 4.69) is 5.32 Å². The van der Waals surface area contributed by atoms with Crippen molar-refractivity contribution in [1.82, 2.24) is 0 Å². The number of hydrogen-bond donors (Lipinski definition) is 2. The van der Waals surface area contributed by atoms with Gasteiger partial charge in [-0.1, -0.05) is 0 Å². The molecule has 0 unspecified atom stereocenters. The molecule has 4 nitrogen and oxygen atoms in total. The lowest BCUT2D eigenvalue weighted by atomic mass is 10.2. The summed E-state index contributed by atoms with van der Waals surface area (Å²) in [6, 6.07) is 3.79. The Morgan fingerprint density at radius 2 is 2.16 bits per heavy atom. The van der Waals surface area contributed by atoms with Crippen molar-refractivity contribution < 1.29 is 13.9 Å². The number of anilines is 1. The van der Waals surface area contributed by atoms with Crippen LogP contribution in [-0.4, -0.2) is 18.1 Å². The number of carbonyl (C=O) groups excluding carboxylic acids is 1. The van der Waals surface area contributed by atoms with E-state index in [1.54, 1.807) is 19.1 Å². The highest BCUT2D eigenvalue weighted by Gasteiger charge is 2.18. The zero-order valence-electron chi connectivity index (χ0n) is 11.0. The van der Waals surface area contributed by atoms with Crippen LogP contribution in [0.5, 0.6) is 5.75 Å². The van der Waals surface area contributed by atoms with Gasteiger partial charge in [0.15, 0.2) is 11.6 Å². The van der Waals surface area contributed by atoms with Gasteiger partial charge in [0.25, 0.3) is 0 Å². The summed E-state index contributed by atoms with van der Waals surface area (Å²) in [7, 11) is 0. The van der Waals surface area contributed by atoms with Gasteiger partial charge < -0.3 is 15.8 Å². The highest BCUT2D eigenvalue weighted by Crippen LogP contribution is 2.27. The van der Waals surface area contributed by atoms with Crippen LogP contribution in [0.2, 0.25) is 0 Å². The van der Waals surface area contributed by atoms with Gasteiger partial charge in [-0.3, -0.25) is 4.79 Å². The van der Waals surface area contributed by atoms with E-state index >= 15 is 0 Å². The van der Waals surface area contributed by atoms with E-state index in [0.717, 1.165) is 25.7 Å². The third-order valence-corrected chi connectivity index (χ3v) is 3.21. The number of benzene rings is 1. The smallest absolute Gasteiger partial charge is 0.241 e. The Morgan fingerprint density at radius 3 is 2.74 bits per heavy atom. The van der Waals surface area contributed by atoms with Crippen molar-refractivity contribution >= 4 is 11.6 Å². The number of halogens is 1. The van der Waals surface area contributed by atoms with Crippen LogP contribution >= 0.6 is 0 Å². The summed E-state index contributed by atoms with van der Waals surface area (Å²) >= 11 is 0. The first-order valence-electron chi connectivity index (χ1n) is 6.59. The molecule has 0 radical (unpaired) electrons. The minimum Gasteiger partial charge on any atom is -0.487 e. The molecule has 1 amide bonds. The monoisotopic (exact) mass is 266 g/mol. The SMILES string of the molecule is C[C@@H](N)C(=O)Nc1ccc(OC2CCCC2)c(F)c1. The Labute approximate surface area is 112 Å². The van der Waals surface area contributed by atoms with Crippen molar-refractivity contribution in [1.29, 1.82) is 0 Å². The summed E-state index contributed by atoms with van der Waals surface area (Å²) < 4.78 is 19.4. The quantitative estimate of drug-likeness (QED) is 0.879. The van der Waals surface area contributed by atoms with Gasteiger partial charge >= 0.3 is 0 Å². The lowest BCUT2D eigenvalue weighted by molar-refractivity contribution is -0.117. The number of rotatable bonds is 4. The molecule has 0 spiro atoms. The highest BCUT2D eigenvalue weighted by atomic mass is 19.1. The number of nitrogens with two attached hydrogens (primary N) is 1. The fraction of sp³-hybridized carbons (Fsp3) is 0.500. The molecule has 2 rings (SSSR count). The molecular formula is C14H19FN2O2. The summed E-state index contributed by atoms with van der Waals surface area (Å²) in [5, 5.41) is 2.54. The molecule has 1 aromatic rings. The van der Waals surface area contributed by atoms with Crippen LogP contribution in [0.3, 0.4) is 0 Å². The zero-order chi connectivity index (χ0) is 13.8. The second kappa shape index (κ2) is 6.02. The first kappa shape index (κ1) is 13.8. The van der Waals surface area contributed by atoms with E-state index < -0.39 is 11.9 Å². The molecule has 0 aromatic heterocycles. The predicted octanol–water partition coefficient (Wildman–Crippen LogP) is 2.43. The minimum absolute atomic E-state index is 0.110. The lowest BCUT2D eigenvalue weighted by Gasteiger charge is -2.14. The topological polar surface area (TPSA) is 64.4 Å². The summed E-state index contributed by atoms with van der Waals surface area (Å²) in [5.41, 5.74) is 5.82. The molecule has 1 atom stereocenters. The van der Waals surface area contributed by atoms with Crippen LogP contribution in [0.1, 0.15) is 32.6 Å². The Kier molecular flexibility index (Phi) is 4.37. The van der Waals surface area contributed by atoms with E-state index in [1.165, 1.54) is 6.07 Å². The normalized spacial score (nSPS) is 17.2. The summed E-state index contributed by atoms with van der Waals surface area (Å²) in [6.07, 6.45) is 4.33. The van der Waals surface area contributed by atoms with Crippen molar-refractivity contribution in [3.8, 4) is 5.75 Å². The third kappa shape index (κ3) is 3.67. The molecule has 1 saturated carbocycles. The van der Waals surface area contributed by atoms with E-state index in [-0.39, 0.29) is 17.8 Å². The third-order valence-electron chi connectivity index (χ3n) is 3.21. The summed E-state index contributed by atoms with van der Waals surface area (Å²) in [6.45, 7) is 1.57. The first-order valence-corrected chi connectivity index (χ1v) is 6.59. The molecule has 0 bridgehead atoms. The predicted molar refractivity (Wildman–Crippen MR) is 71.6 cm³/mol. The maximum Gasteiger partial charge on any atom is 0.241 e. The Balaban J connectivity index is 2.02. The minimum atomic E-state index is -0.627. The van der Waals surface area contributed by atoms with Gasteiger partial charge in [-0.05, 0) is 44.7 Å². The van der Waals surface area contributed by atoms with Crippen LogP contribution in [0, 0.1) is 5.82 Å².